The van der Waals surface area contributed by atoms with E-state index >= 15 is 0 Å². The second kappa shape index (κ2) is 7.69. The van der Waals surface area contributed by atoms with Gasteiger partial charge in [0.25, 0.3) is 0 Å². The lowest BCUT2D eigenvalue weighted by atomic mass is 10.0. The van der Waals surface area contributed by atoms with Crippen molar-refractivity contribution in [2.45, 2.75) is 19.3 Å². The predicted octanol–water partition coefficient (Wildman–Crippen LogP) is 2.34. The van der Waals surface area contributed by atoms with Crippen LogP contribution in [0.2, 0.25) is 0 Å². The van der Waals surface area contributed by atoms with Crippen LogP contribution in [0.3, 0.4) is 0 Å². The standard InChI is InChI=1S/C13H21N3S2/c14-13(15-6-3-12-2-1-7-18-12)16-10-11-4-8-17-9-5-11/h1-2,7,11H,3-6,8-10H2,(H3,14,15,16). The van der Waals surface area contributed by atoms with Gasteiger partial charge in [-0.05, 0) is 48.1 Å². The molecule has 3 nitrogen and oxygen atoms in total. The molecule has 2 heterocycles. The third-order valence-corrected chi connectivity index (χ3v) is 5.10. The average molecular weight is 283 g/mol. The highest BCUT2D eigenvalue weighted by atomic mass is 32.2. The summed E-state index contributed by atoms with van der Waals surface area (Å²) in [5, 5.41) is 5.29. The van der Waals surface area contributed by atoms with Gasteiger partial charge in [0.05, 0.1) is 0 Å². The highest BCUT2D eigenvalue weighted by molar-refractivity contribution is 7.99. The lowest BCUT2D eigenvalue weighted by Gasteiger charge is -2.19. The number of nitrogens with one attached hydrogen (secondary N) is 1. The molecule has 0 aromatic carbocycles. The monoisotopic (exact) mass is 283 g/mol. The first-order valence-electron chi connectivity index (χ1n) is 6.48. The van der Waals surface area contributed by atoms with Crippen molar-refractivity contribution in [2.75, 3.05) is 24.6 Å². The fourth-order valence-corrected chi connectivity index (χ4v) is 3.89. The Morgan fingerprint density at radius 1 is 1.44 bits per heavy atom. The summed E-state index contributed by atoms with van der Waals surface area (Å²) in [5.41, 5.74) is 5.87. The Morgan fingerprint density at radius 3 is 3.00 bits per heavy atom. The van der Waals surface area contributed by atoms with Gasteiger partial charge in [-0.3, -0.25) is 4.99 Å². The maximum absolute atomic E-state index is 5.87. The second-order valence-electron chi connectivity index (χ2n) is 4.54. The molecule has 0 radical (unpaired) electrons. The molecule has 0 spiro atoms. The second-order valence-corrected chi connectivity index (χ2v) is 6.79. The van der Waals surface area contributed by atoms with Gasteiger partial charge in [0.15, 0.2) is 5.96 Å². The van der Waals surface area contributed by atoms with E-state index in [9.17, 15) is 0 Å². The van der Waals surface area contributed by atoms with Crippen molar-refractivity contribution in [1.29, 1.82) is 0 Å². The molecule has 0 aliphatic carbocycles. The molecule has 0 atom stereocenters. The number of hydrogen-bond donors (Lipinski definition) is 2. The van der Waals surface area contributed by atoms with Gasteiger partial charge in [-0.25, -0.2) is 0 Å². The van der Waals surface area contributed by atoms with E-state index in [1.165, 1.54) is 29.2 Å². The van der Waals surface area contributed by atoms with Gasteiger partial charge >= 0.3 is 0 Å². The molecule has 5 heteroatoms. The molecule has 0 unspecified atom stereocenters. The topological polar surface area (TPSA) is 50.4 Å². The number of thiophene rings is 1. The number of nitrogens with zero attached hydrogens (tertiary/aromatic N) is 1. The van der Waals surface area contributed by atoms with E-state index in [2.05, 4.69) is 39.6 Å². The Kier molecular flexibility index (Phi) is 5.87. The lowest BCUT2D eigenvalue weighted by molar-refractivity contribution is 0.502. The Labute approximate surface area is 117 Å². The maximum Gasteiger partial charge on any atom is 0.188 e. The van der Waals surface area contributed by atoms with E-state index < -0.39 is 0 Å². The van der Waals surface area contributed by atoms with Crippen molar-refractivity contribution in [3.8, 4) is 0 Å². The van der Waals surface area contributed by atoms with Gasteiger partial charge in [-0.1, -0.05) is 6.07 Å². The Balaban J connectivity index is 1.62. The van der Waals surface area contributed by atoms with Crippen molar-refractivity contribution in [2.24, 2.45) is 16.6 Å². The minimum absolute atomic E-state index is 0.602. The third-order valence-electron chi connectivity index (χ3n) is 3.12. The molecule has 0 amide bonds. The fraction of sp³-hybridized carbons (Fsp3) is 0.615. The van der Waals surface area contributed by atoms with Crippen molar-refractivity contribution in [1.82, 2.24) is 5.32 Å². The number of rotatable bonds is 5. The molecule has 3 N–H and O–H groups in total. The van der Waals surface area contributed by atoms with Crippen LogP contribution in [0.15, 0.2) is 22.5 Å². The van der Waals surface area contributed by atoms with E-state index in [-0.39, 0.29) is 0 Å². The molecule has 1 fully saturated rings. The summed E-state index contributed by atoms with van der Waals surface area (Å²) in [4.78, 5) is 5.83. The summed E-state index contributed by atoms with van der Waals surface area (Å²) < 4.78 is 0. The first-order valence-corrected chi connectivity index (χ1v) is 8.52. The van der Waals surface area contributed by atoms with E-state index in [0.717, 1.165) is 25.4 Å². The average Bonchev–Trinajstić information content (AvgIpc) is 2.91. The van der Waals surface area contributed by atoms with Crippen LogP contribution >= 0.6 is 23.1 Å². The molecule has 1 aromatic heterocycles. The molecule has 1 aliphatic rings. The van der Waals surface area contributed by atoms with Crippen LogP contribution in [0.25, 0.3) is 0 Å². The molecule has 2 rings (SSSR count). The van der Waals surface area contributed by atoms with E-state index in [0.29, 0.717) is 5.96 Å². The largest absolute Gasteiger partial charge is 0.370 e. The number of thioether (sulfide) groups is 1. The number of aliphatic imine (C=N–C) groups is 1. The Bertz CT molecular complexity index is 356. The van der Waals surface area contributed by atoms with Crippen molar-refractivity contribution >= 4 is 29.1 Å². The van der Waals surface area contributed by atoms with Crippen molar-refractivity contribution in [3.05, 3.63) is 22.4 Å². The first-order chi connectivity index (χ1) is 8.84. The zero-order chi connectivity index (χ0) is 12.6. The predicted molar refractivity (Wildman–Crippen MR) is 82.6 cm³/mol. The third kappa shape index (κ3) is 4.90. The minimum Gasteiger partial charge on any atom is -0.370 e. The molecule has 1 saturated heterocycles. The van der Waals surface area contributed by atoms with Crippen molar-refractivity contribution in [3.63, 3.8) is 0 Å². The smallest absolute Gasteiger partial charge is 0.188 e. The van der Waals surface area contributed by atoms with Crippen LogP contribution in [0.4, 0.5) is 0 Å². The summed E-state index contributed by atoms with van der Waals surface area (Å²) in [6, 6.07) is 4.23. The van der Waals surface area contributed by atoms with Gasteiger partial charge < -0.3 is 11.1 Å². The van der Waals surface area contributed by atoms with Crippen LogP contribution in [-0.2, 0) is 6.42 Å². The summed E-state index contributed by atoms with van der Waals surface area (Å²) in [6.07, 6.45) is 3.60. The van der Waals surface area contributed by atoms with Gasteiger partial charge in [0.2, 0.25) is 0 Å². The minimum atomic E-state index is 0.602. The Hall–Kier alpha value is -0.680. The quantitative estimate of drug-likeness (QED) is 0.644. The van der Waals surface area contributed by atoms with Crippen LogP contribution in [0.5, 0.6) is 0 Å². The van der Waals surface area contributed by atoms with Crippen LogP contribution in [0, 0.1) is 5.92 Å². The summed E-state index contributed by atoms with van der Waals surface area (Å²) in [7, 11) is 0. The highest BCUT2D eigenvalue weighted by Crippen LogP contribution is 2.22. The zero-order valence-electron chi connectivity index (χ0n) is 10.6. The highest BCUT2D eigenvalue weighted by Gasteiger charge is 2.12. The Morgan fingerprint density at radius 2 is 2.28 bits per heavy atom. The zero-order valence-corrected chi connectivity index (χ0v) is 12.2. The SMILES string of the molecule is NC(=NCC1CCSCC1)NCCc1cccs1. The van der Waals surface area contributed by atoms with E-state index in [1.807, 2.05) is 0 Å². The fourth-order valence-electron chi connectivity index (χ4n) is 1.98. The molecular formula is C13H21N3S2. The van der Waals surface area contributed by atoms with Crippen LogP contribution in [-0.4, -0.2) is 30.6 Å². The van der Waals surface area contributed by atoms with Crippen LogP contribution < -0.4 is 11.1 Å². The molecule has 0 saturated carbocycles. The summed E-state index contributed by atoms with van der Waals surface area (Å²) in [6.45, 7) is 1.76. The van der Waals surface area contributed by atoms with Gasteiger partial charge in [0, 0.05) is 18.0 Å². The van der Waals surface area contributed by atoms with Crippen molar-refractivity contribution < 1.29 is 0 Å². The normalized spacial score (nSPS) is 17.9. The van der Waals surface area contributed by atoms with E-state index in [4.69, 9.17) is 5.73 Å². The summed E-state index contributed by atoms with van der Waals surface area (Å²) in [5.74, 6) is 3.91. The molecule has 1 aromatic rings. The maximum atomic E-state index is 5.87. The number of nitrogens with two attached hydrogens (primary N) is 1. The van der Waals surface area contributed by atoms with Gasteiger partial charge in [0.1, 0.15) is 0 Å². The lowest BCUT2D eigenvalue weighted by Crippen LogP contribution is -2.33. The van der Waals surface area contributed by atoms with Gasteiger partial charge in [-0.15, -0.1) is 11.3 Å². The molecule has 18 heavy (non-hydrogen) atoms. The van der Waals surface area contributed by atoms with Gasteiger partial charge in [-0.2, -0.15) is 11.8 Å². The summed E-state index contributed by atoms with van der Waals surface area (Å²) >= 11 is 3.84. The molecule has 100 valence electrons. The molecular weight excluding hydrogens is 262 g/mol. The van der Waals surface area contributed by atoms with E-state index in [1.54, 1.807) is 11.3 Å². The first kappa shape index (κ1) is 13.7. The van der Waals surface area contributed by atoms with Crippen LogP contribution in [0.1, 0.15) is 17.7 Å². The number of hydrogen-bond acceptors (Lipinski definition) is 3. The molecule has 0 bridgehead atoms. The number of guanidine groups is 1. The molecule has 1 aliphatic heterocycles.